The van der Waals surface area contributed by atoms with Gasteiger partial charge in [0.1, 0.15) is 0 Å². The monoisotopic (exact) mass is 309 g/mol. The Kier molecular flexibility index (Phi) is 4.14. The van der Waals surface area contributed by atoms with E-state index in [0.29, 0.717) is 17.5 Å². The van der Waals surface area contributed by atoms with Crippen LogP contribution in [0.4, 0.5) is 4.79 Å². The predicted octanol–water partition coefficient (Wildman–Crippen LogP) is 2.39. The minimum atomic E-state index is -0.765. The summed E-state index contributed by atoms with van der Waals surface area (Å²) in [7, 11) is 0. The van der Waals surface area contributed by atoms with Gasteiger partial charge in [-0.05, 0) is 30.7 Å². The number of nitrogens with zero attached hydrogens (tertiary/aromatic N) is 3. The van der Waals surface area contributed by atoms with Gasteiger partial charge in [0, 0.05) is 24.2 Å². The second kappa shape index (κ2) is 6.39. The number of aromatic nitrogens is 3. The molecule has 0 atom stereocenters. The Morgan fingerprint density at radius 3 is 2.52 bits per heavy atom. The Labute approximate surface area is 132 Å². The van der Waals surface area contributed by atoms with E-state index in [9.17, 15) is 9.59 Å². The normalized spacial score (nSPS) is 10.7. The topological polar surface area (TPSA) is 74.1 Å². The molecule has 0 saturated carbocycles. The van der Waals surface area contributed by atoms with Crippen LogP contribution in [0.3, 0.4) is 0 Å². The number of carbonyl (C=O) groups excluding carboxylic acids is 1. The molecule has 0 unspecified atom stereocenters. The molecular formula is C17H15N3O3. The van der Waals surface area contributed by atoms with E-state index in [2.05, 4.69) is 10.1 Å². The second-order valence-electron chi connectivity index (χ2n) is 4.94. The number of rotatable bonds is 3. The quantitative estimate of drug-likeness (QED) is 0.742. The van der Waals surface area contributed by atoms with Crippen molar-refractivity contribution in [1.29, 1.82) is 0 Å². The highest BCUT2D eigenvalue weighted by Crippen LogP contribution is 2.16. The van der Waals surface area contributed by atoms with Gasteiger partial charge < -0.3 is 4.74 Å². The third kappa shape index (κ3) is 2.96. The van der Waals surface area contributed by atoms with E-state index in [1.807, 2.05) is 24.3 Å². The number of benzene rings is 1. The standard InChI is InChI=1S/C17H15N3O3/c1-2-23-17(22)20-16(21)14-6-4-3-5-13(14)15(19-20)11-12-7-9-18-10-8-12/h3-10H,2,11H2,1H3. The first-order valence-electron chi connectivity index (χ1n) is 7.27. The van der Waals surface area contributed by atoms with E-state index in [1.165, 1.54) is 0 Å². The zero-order chi connectivity index (χ0) is 16.2. The molecule has 0 amide bonds. The molecule has 0 aliphatic rings. The molecule has 0 saturated heterocycles. The molecule has 3 aromatic rings. The van der Waals surface area contributed by atoms with Crippen LogP contribution < -0.4 is 5.56 Å². The Balaban J connectivity index is 2.17. The summed E-state index contributed by atoms with van der Waals surface area (Å²) in [6.07, 6.45) is 3.11. The summed E-state index contributed by atoms with van der Waals surface area (Å²) in [6, 6.07) is 10.9. The van der Waals surface area contributed by atoms with Gasteiger partial charge in [-0.3, -0.25) is 9.78 Å². The maximum atomic E-state index is 12.4. The van der Waals surface area contributed by atoms with E-state index in [-0.39, 0.29) is 6.61 Å². The summed E-state index contributed by atoms with van der Waals surface area (Å²) >= 11 is 0. The highest BCUT2D eigenvalue weighted by molar-refractivity contribution is 5.85. The molecule has 23 heavy (non-hydrogen) atoms. The molecule has 3 rings (SSSR count). The number of carbonyl (C=O) groups is 1. The highest BCUT2D eigenvalue weighted by atomic mass is 16.6. The lowest BCUT2D eigenvalue weighted by molar-refractivity contribution is 0.149. The SMILES string of the molecule is CCOC(=O)n1nc(Cc2ccncc2)c2ccccc2c1=O. The molecule has 1 aromatic carbocycles. The molecule has 116 valence electrons. The number of fused-ring (bicyclic) bond motifs is 1. The van der Waals surface area contributed by atoms with Crippen molar-refractivity contribution < 1.29 is 9.53 Å². The van der Waals surface area contributed by atoms with Crippen LogP contribution in [0.1, 0.15) is 18.2 Å². The summed E-state index contributed by atoms with van der Waals surface area (Å²) in [4.78, 5) is 28.4. The first kappa shape index (κ1) is 14.9. The van der Waals surface area contributed by atoms with Crippen LogP contribution in [0.15, 0.2) is 53.6 Å². The van der Waals surface area contributed by atoms with Gasteiger partial charge in [-0.2, -0.15) is 5.10 Å². The molecule has 0 fully saturated rings. The average Bonchev–Trinajstić information content (AvgIpc) is 2.58. The van der Waals surface area contributed by atoms with Crippen LogP contribution >= 0.6 is 0 Å². The first-order valence-corrected chi connectivity index (χ1v) is 7.27. The molecular weight excluding hydrogens is 294 g/mol. The van der Waals surface area contributed by atoms with E-state index < -0.39 is 11.7 Å². The molecule has 0 spiro atoms. The number of hydrogen-bond acceptors (Lipinski definition) is 5. The fraction of sp³-hybridized carbons (Fsp3) is 0.176. The van der Waals surface area contributed by atoms with Crippen molar-refractivity contribution in [3.8, 4) is 0 Å². The Hall–Kier alpha value is -3.02. The van der Waals surface area contributed by atoms with Crippen LogP contribution in [0, 0.1) is 0 Å². The van der Waals surface area contributed by atoms with E-state index >= 15 is 0 Å². The van der Waals surface area contributed by atoms with Gasteiger partial charge in [0.15, 0.2) is 0 Å². The minimum absolute atomic E-state index is 0.180. The molecule has 0 radical (unpaired) electrons. The lowest BCUT2D eigenvalue weighted by Gasteiger charge is -2.10. The third-order valence-electron chi connectivity index (χ3n) is 3.44. The van der Waals surface area contributed by atoms with Crippen molar-refractivity contribution in [2.45, 2.75) is 13.3 Å². The van der Waals surface area contributed by atoms with Crippen molar-refractivity contribution in [3.63, 3.8) is 0 Å². The number of ether oxygens (including phenoxy) is 1. The maximum Gasteiger partial charge on any atom is 0.438 e. The molecule has 0 bridgehead atoms. The van der Waals surface area contributed by atoms with E-state index in [0.717, 1.165) is 15.6 Å². The predicted molar refractivity (Wildman–Crippen MR) is 85.5 cm³/mol. The van der Waals surface area contributed by atoms with Gasteiger partial charge in [0.2, 0.25) is 0 Å². The van der Waals surface area contributed by atoms with Crippen LogP contribution in [0.25, 0.3) is 10.8 Å². The largest absolute Gasteiger partial charge is 0.448 e. The molecule has 6 nitrogen and oxygen atoms in total. The smallest absolute Gasteiger partial charge is 0.438 e. The van der Waals surface area contributed by atoms with E-state index in [1.54, 1.807) is 31.5 Å². The maximum absolute atomic E-state index is 12.4. The van der Waals surface area contributed by atoms with Crippen LogP contribution in [0.5, 0.6) is 0 Å². The summed E-state index contributed by atoms with van der Waals surface area (Å²) in [5.74, 6) is 0. The lowest BCUT2D eigenvalue weighted by Crippen LogP contribution is -2.31. The Morgan fingerprint density at radius 2 is 1.83 bits per heavy atom. The first-order chi connectivity index (χ1) is 11.2. The van der Waals surface area contributed by atoms with Crippen LogP contribution in [0.2, 0.25) is 0 Å². The summed E-state index contributed by atoms with van der Waals surface area (Å²) in [5.41, 5.74) is 1.16. The molecule has 0 aliphatic carbocycles. The zero-order valence-corrected chi connectivity index (χ0v) is 12.6. The van der Waals surface area contributed by atoms with Crippen molar-refractivity contribution in [1.82, 2.24) is 14.8 Å². The van der Waals surface area contributed by atoms with Gasteiger partial charge >= 0.3 is 6.09 Å². The van der Waals surface area contributed by atoms with E-state index in [4.69, 9.17) is 4.74 Å². The average molecular weight is 309 g/mol. The molecule has 2 aromatic heterocycles. The Morgan fingerprint density at radius 1 is 1.13 bits per heavy atom. The van der Waals surface area contributed by atoms with Crippen molar-refractivity contribution >= 4 is 16.9 Å². The number of pyridine rings is 1. The summed E-state index contributed by atoms with van der Waals surface area (Å²) in [5, 5.41) is 5.40. The fourth-order valence-electron chi connectivity index (χ4n) is 2.39. The molecule has 0 N–H and O–H groups in total. The summed E-state index contributed by atoms with van der Waals surface area (Å²) in [6.45, 7) is 1.86. The van der Waals surface area contributed by atoms with Crippen LogP contribution in [-0.2, 0) is 11.2 Å². The third-order valence-corrected chi connectivity index (χ3v) is 3.44. The van der Waals surface area contributed by atoms with Crippen molar-refractivity contribution in [2.24, 2.45) is 0 Å². The highest BCUT2D eigenvalue weighted by Gasteiger charge is 2.16. The Bertz CT molecular complexity index is 904. The zero-order valence-electron chi connectivity index (χ0n) is 12.6. The van der Waals surface area contributed by atoms with Crippen molar-refractivity contribution in [3.05, 3.63) is 70.4 Å². The number of hydrogen-bond donors (Lipinski definition) is 0. The van der Waals surface area contributed by atoms with Gasteiger partial charge in [-0.25, -0.2) is 4.79 Å². The van der Waals surface area contributed by atoms with Crippen LogP contribution in [-0.4, -0.2) is 27.5 Å². The molecule has 0 aliphatic heterocycles. The lowest BCUT2D eigenvalue weighted by atomic mass is 10.1. The molecule has 2 heterocycles. The van der Waals surface area contributed by atoms with Gasteiger partial charge in [-0.15, -0.1) is 4.68 Å². The summed E-state index contributed by atoms with van der Waals surface area (Å²) < 4.78 is 5.71. The van der Waals surface area contributed by atoms with Crippen molar-refractivity contribution in [2.75, 3.05) is 6.61 Å². The second-order valence-corrected chi connectivity index (χ2v) is 4.94. The van der Waals surface area contributed by atoms with Gasteiger partial charge in [-0.1, -0.05) is 18.2 Å². The minimum Gasteiger partial charge on any atom is -0.448 e. The fourth-order valence-corrected chi connectivity index (χ4v) is 2.39. The molecule has 6 heteroatoms. The van der Waals surface area contributed by atoms with Gasteiger partial charge in [0.25, 0.3) is 5.56 Å². The van der Waals surface area contributed by atoms with Gasteiger partial charge in [0.05, 0.1) is 17.7 Å².